The first-order valence-electron chi connectivity index (χ1n) is 8.44. The minimum absolute atomic E-state index is 0.0769. The van der Waals surface area contributed by atoms with Crippen molar-refractivity contribution in [3.8, 4) is 0 Å². The Morgan fingerprint density at radius 2 is 2.00 bits per heavy atom. The number of benzene rings is 1. The van der Waals surface area contributed by atoms with Crippen molar-refractivity contribution in [3.05, 3.63) is 34.9 Å². The van der Waals surface area contributed by atoms with Crippen LogP contribution in [-0.2, 0) is 10.2 Å². The molecule has 120 valence electrons. The van der Waals surface area contributed by atoms with Crippen molar-refractivity contribution in [2.24, 2.45) is 5.92 Å². The van der Waals surface area contributed by atoms with Gasteiger partial charge < -0.3 is 10.6 Å². The number of halogens is 1. The van der Waals surface area contributed by atoms with Crippen molar-refractivity contribution >= 4 is 17.5 Å². The summed E-state index contributed by atoms with van der Waals surface area (Å²) in [5, 5.41) is 7.34. The molecule has 3 nitrogen and oxygen atoms in total. The van der Waals surface area contributed by atoms with Crippen LogP contribution in [0, 0.1) is 5.92 Å². The van der Waals surface area contributed by atoms with Crippen molar-refractivity contribution in [2.45, 2.75) is 43.9 Å². The normalized spacial score (nSPS) is 21.7. The number of piperidine rings is 1. The van der Waals surface area contributed by atoms with E-state index in [-0.39, 0.29) is 17.2 Å². The molecule has 1 amide bonds. The maximum absolute atomic E-state index is 12.4. The molecule has 0 radical (unpaired) electrons. The number of nitrogens with one attached hydrogen (secondary N) is 2. The maximum Gasteiger partial charge on any atom is 0.223 e. The fourth-order valence-electron chi connectivity index (χ4n) is 3.92. The van der Waals surface area contributed by atoms with E-state index in [0.717, 1.165) is 50.3 Å². The Hall–Kier alpha value is -1.06. The van der Waals surface area contributed by atoms with E-state index in [4.69, 9.17) is 11.6 Å². The standard InChI is InChI=1S/C18H25ClN2O/c19-16-5-3-4-15(12-16)18(8-1-2-9-18)13-21-17(22)14-6-10-20-11-7-14/h3-5,12,14,20H,1-2,6-11,13H2,(H,21,22). The number of carbonyl (C=O) groups is 1. The van der Waals surface area contributed by atoms with E-state index in [9.17, 15) is 4.79 Å². The average Bonchev–Trinajstić information content (AvgIpc) is 3.04. The van der Waals surface area contributed by atoms with Crippen LogP contribution in [0.25, 0.3) is 0 Å². The summed E-state index contributed by atoms with van der Waals surface area (Å²) in [6.07, 6.45) is 6.65. The lowest BCUT2D eigenvalue weighted by molar-refractivity contribution is -0.126. The highest BCUT2D eigenvalue weighted by Crippen LogP contribution is 2.41. The van der Waals surface area contributed by atoms with Gasteiger partial charge >= 0.3 is 0 Å². The Labute approximate surface area is 137 Å². The van der Waals surface area contributed by atoms with Crippen LogP contribution in [0.15, 0.2) is 24.3 Å². The van der Waals surface area contributed by atoms with E-state index in [0.29, 0.717) is 0 Å². The summed E-state index contributed by atoms with van der Waals surface area (Å²) in [6.45, 7) is 2.66. The predicted octanol–water partition coefficient (Wildman–Crippen LogP) is 3.27. The highest BCUT2D eigenvalue weighted by Gasteiger charge is 2.36. The molecule has 3 rings (SSSR count). The number of amides is 1. The second-order valence-corrected chi connectivity index (χ2v) is 7.18. The Kier molecular flexibility index (Phi) is 5.04. The van der Waals surface area contributed by atoms with E-state index >= 15 is 0 Å². The van der Waals surface area contributed by atoms with Crippen LogP contribution in [0.5, 0.6) is 0 Å². The zero-order chi connectivity index (χ0) is 15.4. The molecule has 1 aromatic carbocycles. The summed E-state index contributed by atoms with van der Waals surface area (Å²) in [6, 6.07) is 8.17. The molecule has 4 heteroatoms. The zero-order valence-electron chi connectivity index (χ0n) is 13.0. The molecular formula is C18H25ClN2O. The van der Waals surface area contributed by atoms with Crippen molar-refractivity contribution < 1.29 is 4.79 Å². The van der Waals surface area contributed by atoms with Gasteiger partial charge in [0.15, 0.2) is 0 Å². The zero-order valence-corrected chi connectivity index (χ0v) is 13.8. The quantitative estimate of drug-likeness (QED) is 0.894. The summed E-state index contributed by atoms with van der Waals surface area (Å²) in [7, 11) is 0. The number of hydrogen-bond acceptors (Lipinski definition) is 2. The summed E-state index contributed by atoms with van der Waals surface area (Å²) < 4.78 is 0. The van der Waals surface area contributed by atoms with Gasteiger partial charge in [-0.3, -0.25) is 4.79 Å². The number of hydrogen-bond donors (Lipinski definition) is 2. The van der Waals surface area contributed by atoms with Gasteiger partial charge in [-0.15, -0.1) is 0 Å². The first-order valence-corrected chi connectivity index (χ1v) is 8.82. The van der Waals surface area contributed by atoms with Crippen LogP contribution < -0.4 is 10.6 Å². The van der Waals surface area contributed by atoms with Crippen molar-refractivity contribution in [1.29, 1.82) is 0 Å². The SMILES string of the molecule is O=C(NCC1(c2cccc(Cl)c2)CCCC1)C1CCNCC1. The molecule has 2 aliphatic rings. The van der Waals surface area contributed by atoms with Crippen LogP contribution in [-0.4, -0.2) is 25.5 Å². The van der Waals surface area contributed by atoms with Gasteiger partial charge in [0, 0.05) is 22.9 Å². The Morgan fingerprint density at radius 3 is 2.68 bits per heavy atom. The first kappa shape index (κ1) is 15.8. The Balaban J connectivity index is 1.68. The van der Waals surface area contributed by atoms with Crippen molar-refractivity contribution in [1.82, 2.24) is 10.6 Å². The number of carbonyl (C=O) groups excluding carboxylic acids is 1. The molecule has 1 saturated heterocycles. The first-order chi connectivity index (χ1) is 10.7. The van der Waals surface area contributed by atoms with Gasteiger partial charge in [0.05, 0.1) is 0 Å². The van der Waals surface area contributed by atoms with Gasteiger partial charge in [0.25, 0.3) is 0 Å². The van der Waals surface area contributed by atoms with Gasteiger partial charge in [-0.25, -0.2) is 0 Å². The molecule has 0 spiro atoms. The van der Waals surface area contributed by atoms with E-state index in [1.54, 1.807) is 0 Å². The monoisotopic (exact) mass is 320 g/mol. The molecule has 0 bridgehead atoms. The lowest BCUT2D eigenvalue weighted by Crippen LogP contribution is -2.44. The van der Waals surface area contributed by atoms with Crippen molar-refractivity contribution in [2.75, 3.05) is 19.6 Å². The number of rotatable bonds is 4. The molecule has 1 aliphatic carbocycles. The lowest BCUT2D eigenvalue weighted by atomic mass is 9.78. The van der Waals surface area contributed by atoms with Crippen LogP contribution in [0.1, 0.15) is 44.1 Å². The highest BCUT2D eigenvalue weighted by atomic mass is 35.5. The third-order valence-electron chi connectivity index (χ3n) is 5.31. The molecule has 2 fully saturated rings. The van der Waals surface area contributed by atoms with E-state index < -0.39 is 0 Å². The van der Waals surface area contributed by atoms with Gasteiger partial charge in [-0.1, -0.05) is 36.6 Å². The summed E-state index contributed by atoms with van der Waals surface area (Å²) in [5.74, 6) is 0.411. The average molecular weight is 321 g/mol. The Morgan fingerprint density at radius 1 is 1.27 bits per heavy atom. The Bertz CT molecular complexity index is 520. The van der Waals surface area contributed by atoms with Gasteiger partial charge in [-0.2, -0.15) is 0 Å². The molecule has 0 unspecified atom stereocenters. The lowest BCUT2D eigenvalue weighted by Gasteiger charge is -2.31. The van der Waals surface area contributed by atoms with Crippen LogP contribution in [0.3, 0.4) is 0 Å². The third kappa shape index (κ3) is 3.47. The van der Waals surface area contributed by atoms with Crippen molar-refractivity contribution in [3.63, 3.8) is 0 Å². The molecule has 0 aromatic heterocycles. The van der Waals surface area contributed by atoms with Crippen LogP contribution in [0.4, 0.5) is 0 Å². The van der Waals surface area contributed by atoms with Crippen LogP contribution in [0.2, 0.25) is 5.02 Å². The highest BCUT2D eigenvalue weighted by molar-refractivity contribution is 6.30. The van der Waals surface area contributed by atoms with E-state index in [1.165, 1.54) is 18.4 Å². The minimum Gasteiger partial charge on any atom is -0.355 e. The molecule has 1 heterocycles. The predicted molar refractivity (Wildman–Crippen MR) is 90.2 cm³/mol. The molecule has 1 saturated carbocycles. The van der Waals surface area contributed by atoms with Gasteiger partial charge in [0.1, 0.15) is 0 Å². The van der Waals surface area contributed by atoms with Crippen LogP contribution >= 0.6 is 11.6 Å². The fourth-order valence-corrected chi connectivity index (χ4v) is 4.11. The summed E-state index contributed by atoms with van der Waals surface area (Å²) >= 11 is 6.18. The van der Waals surface area contributed by atoms with E-state index in [2.05, 4.69) is 22.8 Å². The third-order valence-corrected chi connectivity index (χ3v) is 5.54. The summed E-state index contributed by atoms with van der Waals surface area (Å²) in [5.41, 5.74) is 1.36. The van der Waals surface area contributed by atoms with Gasteiger partial charge in [0.2, 0.25) is 5.91 Å². The molecule has 1 aliphatic heterocycles. The minimum atomic E-state index is 0.0769. The van der Waals surface area contributed by atoms with Gasteiger partial charge in [-0.05, 0) is 56.5 Å². The fraction of sp³-hybridized carbons (Fsp3) is 0.611. The molecule has 1 aromatic rings. The van der Waals surface area contributed by atoms with E-state index in [1.807, 2.05) is 12.1 Å². The second-order valence-electron chi connectivity index (χ2n) is 6.74. The topological polar surface area (TPSA) is 41.1 Å². The molecule has 22 heavy (non-hydrogen) atoms. The molecule has 2 N–H and O–H groups in total. The maximum atomic E-state index is 12.4. The summed E-state index contributed by atoms with van der Waals surface area (Å²) in [4.78, 5) is 12.4. The second kappa shape index (κ2) is 7.01. The largest absolute Gasteiger partial charge is 0.355 e. The molecule has 0 atom stereocenters. The molecular weight excluding hydrogens is 296 g/mol. The smallest absolute Gasteiger partial charge is 0.223 e.